The zero-order valence-electron chi connectivity index (χ0n) is 14.1. The largest absolute Gasteiger partial charge is 0.493 e. The fourth-order valence-corrected chi connectivity index (χ4v) is 2.93. The van der Waals surface area contributed by atoms with Crippen LogP contribution in [-0.2, 0) is 12.1 Å². The monoisotopic (exact) mass is 349 g/mol. The molecule has 130 valence electrons. The number of hydrogen-bond donors (Lipinski definition) is 3. The fourth-order valence-electron chi connectivity index (χ4n) is 2.15. The Morgan fingerprint density at radius 1 is 1.29 bits per heavy atom. The van der Waals surface area contributed by atoms with Gasteiger partial charge in [-0.05, 0) is 36.1 Å². The van der Waals surface area contributed by atoms with Crippen LogP contribution in [-0.4, -0.2) is 31.8 Å². The second-order valence-corrected chi connectivity index (χ2v) is 6.44. The molecule has 1 atom stereocenters. The maximum absolute atomic E-state index is 10.4. The molecule has 0 radical (unpaired) electrons. The zero-order valence-corrected chi connectivity index (χ0v) is 14.9. The molecule has 1 aromatic heterocycles. The number of nitrogens with zero attached hydrogens (tertiary/aromatic N) is 1. The van der Waals surface area contributed by atoms with Gasteiger partial charge in [-0.25, -0.2) is 4.99 Å². The van der Waals surface area contributed by atoms with Gasteiger partial charge in [-0.1, -0.05) is 12.1 Å². The number of aliphatic imine (C=N–C) groups is 1. The minimum absolute atomic E-state index is 0.279. The summed E-state index contributed by atoms with van der Waals surface area (Å²) >= 11 is 1.50. The van der Waals surface area contributed by atoms with Crippen LogP contribution in [0.1, 0.15) is 17.4 Å². The second-order valence-electron chi connectivity index (χ2n) is 5.50. The number of rotatable bonds is 7. The summed E-state index contributed by atoms with van der Waals surface area (Å²) < 4.78 is 10.5. The first-order chi connectivity index (χ1) is 11.5. The molecule has 1 unspecified atom stereocenters. The number of thiophene rings is 1. The molecule has 0 aliphatic rings. The summed E-state index contributed by atoms with van der Waals surface area (Å²) in [5.74, 6) is 1.60. The van der Waals surface area contributed by atoms with E-state index in [1.54, 1.807) is 21.1 Å². The highest BCUT2D eigenvalue weighted by Crippen LogP contribution is 2.27. The molecule has 7 heteroatoms. The highest BCUT2D eigenvalue weighted by molar-refractivity contribution is 7.10. The van der Waals surface area contributed by atoms with Crippen molar-refractivity contribution in [3.63, 3.8) is 0 Å². The van der Waals surface area contributed by atoms with Crippen LogP contribution in [0.2, 0.25) is 0 Å². The molecule has 6 nitrogen and oxygen atoms in total. The van der Waals surface area contributed by atoms with E-state index in [2.05, 4.69) is 10.3 Å². The van der Waals surface area contributed by atoms with Crippen molar-refractivity contribution in [1.29, 1.82) is 0 Å². The lowest BCUT2D eigenvalue weighted by molar-refractivity contribution is 0.0657. The van der Waals surface area contributed by atoms with Gasteiger partial charge in [-0.3, -0.25) is 0 Å². The first-order valence-electron chi connectivity index (χ1n) is 7.47. The summed E-state index contributed by atoms with van der Waals surface area (Å²) in [5.41, 5.74) is 5.84. The molecule has 0 aliphatic heterocycles. The number of aliphatic hydroxyl groups is 1. The molecule has 0 saturated carbocycles. The van der Waals surface area contributed by atoms with E-state index in [4.69, 9.17) is 15.2 Å². The molecule has 1 heterocycles. The lowest BCUT2D eigenvalue weighted by Gasteiger charge is -2.22. The quantitative estimate of drug-likeness (QED) is 0.526. The molecule has 1 aromatic carbocycles. The van der Waals surface area contributed by atoms with Crippen molar-refractivity contribution >= 4 is 17.3 Å². The van der Waals surface area contributed by atoms with E-state index in [0.717, 1.165) is 10.4 Å². The maximum atomic E-state index is 10.4. The number of benzene rings is 1. The van der Waals surface area contributed by atoms with Gasteiger partial charge in [0.15, 0.2) is 17.5 Å². The number of nitrogens with two attached hydrogens (primary N) is 1. The van der Waals surface area contributed by atoms with Crippen LogP contribution in [0, 0.1) is 0 Å². The fraction of sp³-hybridized carbons (Fsp3) is 0.353. The Labute approximate surface area is 145 Å². The maximum Gasteiger partial charge on any atom is 0.189 e. The summed E-state index contributed by atoms with van der Waals surface area (Å²) in [4.78, 5) is 5.17. The van der Waals surface area contributed by atoms with Crippen molar-refractivity contribution in [2.24, 2.45) is 10.7 Å². The number of hydrogen-bond acceptors (Lipinski definition) is 5. The predicted molar refractivity (Wildman–Crippen MR) is 96.8 cm³/mol. The van der Waals surface area contributed by atoms with Gasteiger partial charge in [-0.2, -0.15) is 0 Å². The van der Waals surface area contributed by atoms with Gasteiger partial charge in [0.25, 0.3) is 0 Å². The van der Waals surface area contributed by atoms with Crippen LogP contribution < -0.4 is 20.5 Å². The summed E-state index contributed by atoms with van der Waals surface area (Å²) in [5, 5.41) is 15.3. The van der Waals surface area contributed by atoms with Crippen LogP contribution in [0.25, 0.3) is 0 Å². The standard InChI is InChI=1S/C17H23N3O3S/c1-17(21,15-5-4-8-24-15)11-20-16(18)19-10-12-6-7-13(22-2)14(9-12)23-3/h4-9,21H,10-11H2,1-3H3,(H3,18,19,20). The molecule has 0 aliphatic carbocycles. The molecular formula is C17H23N3O3S. The first-order valence-corrected chi connectivity index (χ1v) is 8.35. The molecule has 0 spiro atoms. The highest BCUT2D eigenvalue weighted by atomic mass is 32.1. The van der Waals surface area contributed by atoms with Crippen molar-refractivity contribution in [3.05, 3.63) is 46.2 Å². The van der Waals surface area contributed by atoms with Crippen LogP contribution in [0.4, 0.5) is 0 Å². The Balaban J connectivity index is 1.94. The molecule has 2 rings (SSSR count). The van der Waals surface area contributed by atoms with Gasteiger partial charge in [-0.15, -0.1) is 11.3 Å². The molecule has 0 saturated heterocycles. The van der Waals surface area contributed by atoms with E-state index >= 15 is 0 Å². The molecule has 0 amide bonds. The van der Waals surface area contributed by atoms with E-state index in [1.165, 1.54) is 11.3 Å². The van der Waals surface area contributed by atoms with Crippen molar-refractivity contribution in [1.82, 2.24) is 5.32 Å². The Kier molecular flexibility index (Phi) is 6.05. The summed E-state index contributed by atoms with van der Waals surface area (Å²) in [6, 6.07) is 9.39. The van der Waals surface area contributed by atoms with Gasteiger partial charge in [0, 0.05) is 4.88 Å². The topological polar surface area (TPSA) is 89.1 Å². The number of nitrogens with one attached hydrogen (secondary N) is 1. The van der Waals surface area contributed by atoms with Crippen LogP contribution >= 0.6 is 11.3 Å². The Bertz CT molecular complexity index is 684. The summed E-state index contributed by atoms with van der Waals surface area (Å²) in [6.45, 7) is 2.43. The third-order valence-corrected chi connectivity index (χ3v) is 4.67. The Morgan fingerprint density at radius 2 is 2.04 bits per heavy atom. The smallest absolute Gasteiger partial charge is 0.189 e. The van der Waals surface area contributed by atoms with E-state index in [-0.39, 0.29) is 12.5 Å². The van der Waals surface area contributed by atoms with Crippen molar-refractivity contribution in [2.75, 3.05) is 20.8 Å². The third-order valence-electron chi connectivity index (χ3n) is 3.55. The summed E-state index contributed by atoms with van der Waals surface area (Å²) in [7, 11) is 3.19. The molecule has 0 bridgehead atoms. The van der Waals surface area contributed by atoms with Crippen molar-refractivity contribution in [3.8, 4) is 11.5 Å². The average Bonchev–Trinajstić information content (AvgIpc) is 3.13. The lowest BCUT2D eigenvalue weighted by atomic mass is 10.1. The van der Waals surface area contributed by atoms with Gasteiger partial charge >= 0.3 is 0 Å². The number of methoxy groups -OCH3 is 2. The van der Waals surface area contributed by atoms with Gasteiger partial charge in [0.2, 0.25) is 0 Å². The SMILES string of the molecule is COc1ccc(CN=C(N)NCC(C)(O)c2cccs2)cc1OC. The van der Waals surface area contributed by atoms with Crippen molar-refractivity contribution < 1.29 is 14.6 Å². The normalized spacial score (nSPS) is 14.1. The van der Waals surface area contributed by atoms with E-state index < -0.39 is 5.60 Å². The zero-order chi connectivity index (χ0) is 17.6. The van der Waals surface area contributed by atoms with Gasteiger partial charge < -0.3 is 25.6 Å². The van der Waals surface area contributed by atoms with Crippen molar-refractivity contribution in [2.45, 2.75) is 19.1 Å². The van der Waals surface area contributed by atoms with Crippen LogP contribution in [0.15, 0.2) is 40.7 Å². The van der Waals surface area contributed by atoms with E-state index in [1.807, 2.05) is 35.7 Å². The molecule has 2 aromatic rings. The van der Waals surface area contributed by atoms with E-state index in [9.17, 15) is 5.11 Å². The summed E-state index contributed by atoms with van der Waals surface area (Å²) in [6.07, 6.45) is 0. The lowest BCUT2D eigenvalue weighted by Crippen LogP contribution is -2.41. The van der Waals surface area contributed by atoms with Crippen LogP contribution in [0.3, 0.4) is 0 Å². The Hall–Kier alpha value is -2.25. The third kappa shape index (κ3) is 4.62. The molecule has 0 fully saturated rings. The minimum Gasteiger partial charge on any atom is -0.493 e. The highest BCUT2D eigenvalue weighted by Gasteiger charge is 2.24. The second kappa shape index (κ2) is 8.03. The van der Waals surface area contributed by atoms with Gasteiger partial charge in [0.1, 0.15) is 5.60 Å². The average molecular weight is 349 g/mol. The minimum atomic E-state index is -0.988. The van der Waals surface area contributed by atoms with E-state index in [0.29, 0.717) is 18.0 Å². The Morgan fingerprint density at radius 3 is 2.67 bits per heavy atom. The first kappa shape index (κ1) is 18.1. The molecular weight excluding hydrogens is 326 g/mol. The number of ether oxygens (including phenoxy) is 2. The molecule has 4 N–H and O–H groups in total. The predicted octanol–water partition coefficient (Wildman–Crippen LogP) is 2.08. The van der Waals surface area contributed by atoms with Crippen LogP contribution in [0.5, 0.6) is 11.5 Å². The number of guanidine groups is 1. The molecule has 24 heavy (non-hydrogen) atoms. The van der Waals surface area contributed by atoms with Gasteiger partial charge in [0.05, 0.1) is 27.3 Å².